The van der Waals surface area contributed by atoms with Crippen molar-refractivity contribution in [1.29, 1.82) is 0 Å². The van der Waals surface area contributed by atoms with E-state index in [1.54, 1.807) is 0 Å². The van der Waals surface area contributed by atoms with Gasteiger partial charge in [0.1, 0.15) is 0 Å². The minimum atomic E-state index is 0.0879. The Balaban J connectivity index is 3.31. The van der Waals surface area contributed by atoms with Crippen LogP contribution in [-0.2, 0) is 4.74 Å². The van der Waals surface area contributed by atoms with Crippen molar-refractivity contribution >= 4 is 0 Å². The molecule has 62 valence electrons. The fourth-order valence-electron chi connectivity index (χ4n) is 0.593. The third-order valence-corrected chi connectivity index (χ3v) is 1.62. The van der Waals surface area contributed by atoms with Crippen molar-refractivity contribution in [3.63, 3.8) is 0 Å². The van der Waals surface area contributed by atoms with Crippen LogP contribution >= 0.6 is 0 Å². The van der Waals surface area contributed by atoms with Crippen molar-refractivity contribution in [3.8, 4) is 0 Å². The molecule has 10 heavy (non-hydrogen) atoms. The molecule has 0 saturated heterocycles. The van der Waals surface area contributed by atoms with Gasteiger partial charge in [-0.1, -0.05) is 6.92 Å². The van der Waals surface area contributed by atoms with Crippen LogP contribution in [-0.4, -0.2) is 25.8 Å². The van der Waals surface area contributed by atoms with E-state index in [0.717, 1.165) is 6.61 Å². The summed E-state index contributed by atoms with van der Waals surface area (Å²) in [5.41, 5.74) is 11.1. The molecule has 0 rings (SSSR count). The minimum absolute atomic E-state index is 0.0879. The molecule has 0 aliphatic heterocycles. The molecular formula is C7H18N2O. The maximum absolute atomic E-state index is 5.71. The number of hydrogen-bond acceptors (Lipinski definition) is 3. The van der Waals surface area contributed by atoms with E-state index in [9.17, 15) is 0 Å². The molecule has 0 spiro atoms. The highest BCUT2D eigenvalue weighted by Crippen LogP contribution is 1.97. The highest BCUT2D eigenvalue weighted by atomic mass is 16.5. The summed E-state index contributed by atoms with van der Waals surface area (Å²) in [6.07, 6.45) is 0. The highest BCUT2D eigenvalue weighted by molar-refractivity contribution is 4.68. The van der Waals surface area contributed by atoms with E-state index in [0.29, 0.717) is 19.1 Å². The van der Waals surface area contributed by atoms with E-state index in [2.05, 4.69) is 0 Å². The van der Waals surface area contributed by atoms with Gasteiger partial charge in [0.25, 0.3) is 0 Å². The summed E-state index contributed by atoms with van der Waals surface area (Å²) in [5.74, 6) is 0.353. The van der Waals surface area contributed by atoms with Crippen molar-refractivity contribution in [3.05, 3.63) is 0 Å². The molecule has 0 radical (unpaired) electrons. The Kier molecular flexibility index (Phi) is 5.58. The van der Waals surface area contributed by atoms with Crippen LogP contribution < -0.4 is 11.5 Å². The highest BCUT2D eigenvalue weighted by Gasteiger charge is 2.09. The van der Waals surface area contributed by atoms with Crippen LogP contribution in [0.5, 0.6) is 0 Å². The summed E-state index contributed by atoms with van der Waals surface area (Å²) in [7, 11) is 0. The summed E-state index contributed by atoms with van der Waals surface area (Å²) in [6.45, 7) is 5.97. The first-order valence-corrected chi connectivity index (χ1v) is 3.75. The molecule has 0 fully saturated rings. The quantitative estimate of drug-likeness (QED) is 0.571. The molecule has 4 N–H and O–H groups in total. The predicted octanol–water partition coefficient (Wildman–Crippen LogP) is -0.0550. The summed E-state index contributed by atoms with van der Waals surface area (Å²) < 4.78 is 5.14. The Morgan fingerprint density at radius 1 is 1.50 bits per heavy atom. The van der Waals surface area contributed by atoms with Crippen molar-refractivity contribution in [2.75, 3.05) is 19.8 Å². The van der Waals surface area contributed by atoms with Gasteiger partial charge in [-0.25, -0.2) is 0 Å². The predicted molar refractivity (Wildman–Crippen MR) is 42.7 cm³/mol. The normalized spacial score (nSPS) is 16.8. The molecule has 2 unspecified atom stereocenters. The molecule has 0 aromatic carbocycles. The van der Waals surface area contributed by atoms with E-state index in [1.807, 2.05) is 13.8 Å². The largest absolute Gasteiger partial charge is 0.380 e. The van der Waals surface area contributed by atoms with Gasteiger partial charge in [0.15, 0.2) is 0 Å². The molecule has 0 saturated carbocycles. The van der Waals surface area contributed by atoms with E-state index in [4.69, 9.17) is 16.2 Å². The average molecular weight is 146 g/mol. The molecule has 0 aliphatic carbocycles. The van der Waals surface area contributed by atoms with Crippen molar-refractivity contribution in [2.45, 2.75) is 19.9 Å². The Morgan fingerprint density at radius 2 is 2.10 bits per heavy atom. The first-order chi connectivity index (χ1) is 4.72. The van der Waals surface area contributed by atoms with Crippen molar-refractivity contribution in [1.82, 2.24) is 0 Å². The zero-order chi connectivity index (χ0) is 7.98. The third-order valence-electron chi connectivity index (χ3n) is 1.62. The molecule has 0 amide bonds. The molecule has 0 aliphatic rings. The second-order valence-corrected chi connectivity index (χ2v) is 2.54. The van der Waals surface area contributed by atoms with Gasteiger partial charge in [0, 0.05) is 12.6 Å². The fraction of sp³-hybridized carbons (Fsp3) is 1.00. The molecule has 0 heterocycles. The number of ether oxygens (including phenoxy) is 1. The van der Waals surface area contributed by atoms with E-state index in [1.165, 1.54) is 0 Å². The van der Waals surface area contributed by atoms with Crippen LogP contribution in [0, 0.1) is 5.92 Å². The minimum Gasteiger partial charge on any atom is -0.380 e. The summed E-state index contributed by atoms with van der Waals surface area (Å²) in [5, 5.41) is 0. The van der Waals surface area contributed by atoms with Gasteiger partial charge < -0.3 is 16.2 Å². The van der Waals surface area contributed by atoms with Gasteiger partial charge in [-0.3, -0.25) is 0 Å². The number of hydrogen-bond donors (Lipinski definition) is 2. The van der Waals surface area contributed by atoms with Crippen LogP contribution in [0.4, 0.5) is 0 Å². The topological polar surface area (TPSA) is 61.3 Å². The first kappa shape index (κ1) is 9.88. The Morgan fingerprint density at radius 3 is 2.50 bits per heavy atom. The molecule has 3 heteroatoms. The van der Waals surface area contributed by atoms with Gasteiger partial charge in [-0.15, -0.1) is 0 Å². The third kappa shape index (κ3) is 3.82. The lowest BCUT2D eigenvalue weighted by atomic mass is 10.0. The van der Waals surface area contributed by atoms with Crippen LogP contribution in [0.25, 0.3) is 0 Å². The molecule has 3 nitrogen and oxygen atoms in total. The standard InChI is InChI=1S/C7H18N2O/c1-3-10-5-7(9)6(2)4-8/h6-7H,3-5,8-9H2,1-2H3. The van der Waals surface area contributed by atoms with Gasteiger partial charge in [-0.2, -0.15) is 0 Å². The number of rotatable bonds is 5. The first-order valence-electron chi connectivity index (χ1n) is 3.75. The van der Waals surface area contributed by atoms with Crippen LogP contribution in [0.2, 0.25) is 0 Å². The summed E-state index contributed by atoms with van der Waals surface area (Å²) >= 11 is 0. The van der Waals surface area contributed by atoms with Gasteiger partial charge in [-0.05, 0) is 19.4 Å². The van der Waals surface area contributed by atoms with E-state index in [-0.39, 0.29) is 6.04 Å². The average Bonchev–Trinajstić information content (AvgIpc) is 1.98. The number of nitrogens with two attached hydrogens (primary N) is 2. The van der Waals surface area contributed by atoms with Crippen LogP contribution in [0.15, 0.2) is 0 Å². The second kappa shape index (κ2) is 5.65. The molecule has 0 bridgehead atoms. The zero-order valence-corrected chi connectivity index (χ0v) is 6.84. The monoisotopic (exact) mass is 146 g/mol. The molecule has 2 atom stereocenters. The molecular weight excluding hydrogens is 128 g/mol. The van der Waals surface area contributed by atoms with Gasteiger partial charge in [0.05, 0.1) is 6.61 Å². The smallest absolute Gasteiger partial charge is 0.0620 e. The molecule has 0 aromatic heterocycles. The summed E-state index contributed by atoms with van der Waals surface area (Å²) in [6, 6.07) is 0.0879. The Labute approximate surface area is 62.7 Å². The lowest BCUT2D eigenvalue weighted by molar-refractivity contribution is 0.120. The molecule has 0 aromatic rings. The van der Waals surface area contributed by atoms with Crippen molar-refractivity contribution in [2.24, 2.45) is 17.4 Å². The van der Waals surface area contributed by atoms with E-state index >= 15 is 0 Å². The Hall–Kier alpha value is -0.120. The summed E-state index contributed by atoms with van der Waals surface area (Å²) in [4.78, 5) is 0. The van der Waals surface area contributed by atoms with Gasteiger partial charge >= 0.3 is 0 Å². The van der Waals surface area contributed by atoms with Crippen molar-refractivity contribution < 1.29 is 4.74 Å². The second-order valence-electron chi connectivity index (χ2n) is 2.54. The van der Waals surface area contributed by atoms with Crippen LogP contribution in [0.3, 0.4) is 0 Å². The fourth-order valence-corrected chi connectivity index (χ4v) is 0.593. The van der Waals surface area contributed by atoms with E-state index < -0.39 is 0 Å². The van der Waals surface area contributed by atoms with Crippen LogP contribution in [0.1, 0.15) is 13.8 Å². The lowest BCUT2D eigenvalue weighted by Gasteiger charge is -2.17. The van der Waals surface area contributed by atoms with Gasteiger partial charge in [0.2, 0.25) is 0 Å². The maximum Gasteiger partial charge on any atom is 0.0620 e. The zero-order valence-electron chi connectivity index (χ0n) is 6.84. The SMILES string of the molecule is CCOCC(N)C(C)CN. The maximum atomic E-state index is 5.71. The Bertz CT molecular complexity index is 78.0. The lowest BCUT2D eigenvalue weighted by Crippen LogP contribution is -2.37.